The molecular formula is C14H20O2. The van der Waals surface area contributed by atoms with Crippen LogP contribution in [-0.4, -0.2) is 17.5 Å². The van der Waals surface area contributed by atoms with Gasteiger partial charge in [0.1, 0.15) is 0 Å². The summed E-state index contributed by atoms with van der Waals surface area (Å²) in [6, 6.07) is 7.54. The minimum Gasteiger partial charge on any atom is -0.396 e. The van der Waals surface area contributed by atoms with E-state index in [4.69, 9.17) is 0 Å². The van der Waals surface area contributed by atoms with Crippen LogP contribution < -0.4 is 0 Å². The van der Waals surface area contributed by atoms with Crippen LogP contribution in [0.5, 0.6) is 0 Å². The Kier molecular flexibility index (Phi) is 5.20. The summed E-state index contributed by atoms with van der Waals surface area (Å²) < 4.78 is 0. The first kappa shape index (κ1) is 12.9. The van der Waals surface area contributed by atoms with Gasteiger partial charge in [0, 0.05) is 11.5 Å². The Bertz CT molecular complexity index is 327. The highest BCUT2D eigenvalue weighted by Gasteiger charge is 2.18. The summed E-state index contributed by atoms with van der Waals surface area (Å²) in [5.74, 6) is -0.168. The molecule has 2 nitrogen and oxygen atoms in total. The number of unbranched alkanes of at least 4 members (excludes halogenated alkanes) is 1. The van der Waals surface area contributed by atoms with E-state index in [1.807, 2.05) is 31.2 Å². The summed E-state index contributed by atoms with van der Waals surface area (Å²) in [5.41, 5.74) is 1.85. The molecule has 0 fully saturated rings. The van der Waals surface area contributed by atoms with Gasteiger partial charge in [-0.05, 0) is 13.3 Å². The molecule has 0 amide bonds. The molecule has 1 unspecified atom stereocenters. The molecule has 0 saturated heterocycles. The second kappa shape index (κ2) is 6.44. The Labute approximate surface area is 97.3 Å². The predicted octanol–water partition coefficient (Wildman–Crippen LogP) is 2.98. The van der Waals surface area contributed by atoms with E-state index in [-0.39, 0.29) is 18.3 Å². The van der Waals surface area contributed by atoms with Gasteiger partial charge in [-0.15, -0.1) is 0 Å². The molecule has 0 radical (unpaired) electrons. The Morgan fingerprint density at radius 2 is 1.94 bits per heavy atom. The second-order valence-corrected chi connectivity index (χ2v) is 4.25. The minimum atomic E-state index is -0.234. The van der Waals surface area contributed by atoms with Gasteiger partial charge in [-0.2, -0.15) is 0 Å². The molecule has 0 heterocycles. The average molecular weight is 220 g/mol. The van der Waals surface area contributed by atoms with Crippen molar-refractivity contribution in [3.05, 3.63) is 35.4 Å². The normalized spacial score (nSPS) is 12.4. The summed E-state index contributed by atoms with van der Waals surface area (Å²) >= 11 is 0. The summed E-state index contributed by atoms with van der Waals surface area (Å²) in [5, 5.41) is 9.22. The first-order valence-electron chi connectivity index (χ1n) is 5.90. The molecule has 0 bridgehead atoms. The van der Waals surface area contributed by atoms with Crippen molar-refractivity contribution in [3.8, 4) is 0 Å². The van der Waals surface area contributed by atoms with Crippen molar-refractivity contribution in [1.29, 1.82) is 0 Å². The third-order valence-electron chi connectivity index (χ3n) is 2.83. The fraction of sp³-hybridized carbons (Fsp3) is 0.500. The third kappa shape index (κ3) is 3.46. The van der Waals surface area contributed by atoms with Gasteiger partial charge in [0.25, 0.3) is 0 Å². The fourth-order valence-electron chi connectivity index (χ4n) is 1.71. The molecule has 88 valence electrons. The lowest BCUT2D eigenvalue weighted by molar-refractivity contribution is 0.0848. The smallest absolute Gasteiger partial charge is 0.168 e. The summed E-state index contributed by atoms with van der Waals surface area (Å²) in [6.45, 7) is 4.03. The molecule has 16 heavy (non-hydrogen) atoms. The van der Waals surface area contributed by atoms with Gasteiger partial charge in [0.2, 0.25) is 0 Å². The van der Waals surface area contributed by atoms with Crippen LogP contribution in [0.25, 0.3) is 0 Å². The van der Waals surface area contributed by atoms with Crippen molar-refractivity contribution < 1.29 is 9.90 Å². The number of benzene rings is 1. The van der Waals surface area contributed by atoms with Gasteiger partial charge in [-0.1, -0.05) is 49.6 Å². The van der Waals surface area contributed by atoms with Gasteiger partial charge in [0.05, 0.1) is 6.61 Å². The Morgan fingerprint density at radius 1 is 1.31 bits per heavy atom. The number of carbonyl (C=O) groups excluding carboxylic acids is 1. The molecule has 1 aromatic rings. The van der Waals surface area contributed by atoms with Crippen LogP contribution in [0, 0.1) is 12.8 Å². The third-order valence-corrected chi connectivity index (χ3v) is 2.83. The monoisotopic (exact) mass is 220 g/mol. The van der Waals surface area contributed by atoms with Crippen molar-refractivity contribution in [2.24, 2.45) is 5.92 Å². The maximum absolute atomic E-state index is 12.0. The predicted molar refractivity (Wildman–Crippen MR) is 65.6 cm³/mol. The molecule has 1 aromatic carbocycles. The largest absolute Gasteiger partial charge is 0.396 e. The van der Waals surface area contributed by atoms with E-state index in [0.29, 0.717) is 5.56 Å². The molecule has 0 spiro atoms. The van der Waals surface area contributed by atoms with Gasteiger partial charge in [-0.3, -0.25) is 4.79 Å². The zero-order valence-corrected chi connectivity index (χ0v) is 10.1. The van der Waals surface area contributed by atoms with Crippen LogP contribution >= 0.6 is 0 Å². The van der Waals surface area contributed by atoms with E-state index < -0.39 is 0 Å². The zero-order valence-electron chi connectivity index (χ0n) is 10.1. The van der Waals surface area contributed by atoms with E-state index >= 15 is 0 Å². The van der Waals surface area contributed by atoms with Gasteiger partial charge < -0.3 is 5.11 Å². The minimum absolute atomic E-state index is 0.0489. The van der Waals surface area contributed by atoms with Crippen molar-refractivity contribution in [1.82, 2.24) is 0 Å². The van der Waals surface area contributed by atoms with Crippen molar-refractivity contribution in [2.45, 2.75) is 33.1 Å². The van der Waals surface area contributed by atoms with E-state index in [9.17, 15) is 9.90 Å². The lowest BCUT2D eigenvalue weighted by Gasteiger charge is -2.12. The summed E-state index contributed by atoms with van der Waals surface area (Å²) in [6.07, 6.45) is 2.82. The highest BCUT2D eigenvalue weighted by Crippen LogP contribution is 2.15. The van der Waals surface area contributed by atoms with Crippen LogP contribution in [0.4, 0.5) is 0 Å². The van der Waals surface area contributed by atoms with Crippen LogP contribution in [0.15, 0.2) is 24.3 Å². The molecule has 0 aliphatic carbocycles. The lowest BCUT2D eigenvalue weighted by Crippen LogP contribution is -2.18. The van der Waals surface area contributed by atoms with E-state index in [2.05, 4.69) is 6.92 Å². The van der Waals surface area contributed by atoms with Crippen molar-refractivity contribution in [2.75, 3.05) is 6.61 Å². The Balaban J connectivity index is 2.70. The quantitative estimate of drug-likeness (QED) is 0.748. The first-order chi connectivity index (χ1) is 7.69. The van der Waals surface area contributed by atoms with Crippen LogP contribution in [0.3, 0.4) is 0 Å². The highest BCUT2D eigenvalue weighted by molar-refractivity contribution is 5.97. The Morgan fingerprint density at radius 3 is 2.44 bits per heavy atom. The molecule has 1 N–H and O–H groups in total. The number of aliphatic hydroxyl groups excluding tert-OH is 1. The molecule has 0 aliphatic heterocycles. The molecule has 1 rings (SSSR count). The topological polar surface area (TPSA) is 37.3 Å². The number of ketones is 1. The maximum Gasteiger partial charge on any atom is 0.168 e. The summed E-state index contributed by atoms with van der Waals surface area (Å²) in [4.78, 5) is 12.0. The van der Waals surface area contributed by atoms with Gasteiger partial charge in [-0.25, -0.2) is 0 Å². The first-order valence-corrected chi connectivity index (χ1v) is 5.90. The Hall–Kier alpha value is -1.15. The molecular weight excluding hydrogens is 200 g/mol. The number of aryl methyl sites for hydroxylation is 1. The number of aliphatic hydroxyl groups is 1. The molecule has 0 saturated carbocycles. The average Bonchev–Trinajstić information content (AvgIpc) is 2.30. The molecule has 0 aromatic heterocycles. The van der Waals surface area contributed by atoms with Gasteiger partial charge in [0.15, 0.2) is 5.78 Å². The summed E-state index contributed by atoms with van der Waals surface area (Å²) in [7, 11) is 0. The van der Waals surface area contributed by atoms with Gasteiger partial charge >= 0.3 is 0 Å². The maximum atomic E-state index is 12.0. The van der Waals surface area contributed by atoms with Crippen LogP contribution in [-0.2, 0) is 0 Å². The zero-order chi connectivity index (χ0) is 12.0. The number of hydrogen-bond donors (Lipinski definition) is 1. The van der Waals surface area contributed by atoms with E-state index in [0.717, 1.165) is 24.8 Å². The van der Waals surface area contributed by atoms with Crippen LogP contribution in [0.2, 0.25) is 0 Å². The molecule has 0 aliphatic rings. The SMILES string of the molecule is CCCCC(CO)C(=O)c1ccc(C)cc1. The van der Waals surface area contributed by atoms with Crippen LogP contribution in [0.1, 0.15) is 42.1 Å². The van der Waals surface area contributed by atoms with E-state index in [1.165, 1.54) is 0 Å². The standard InChI is InChI=1S/C14H20O2/c1-3-4-5-13(10-15)14(16)12-8-6-11(2)7-9-12/h6-9,13,15H,3-5,10H2,1-2H3. The molecule has 2 heteroatoms. The number of hydrogen-bond acceptors (Lipinski definition) is 2. The van der Waals surface area contributed by atoms with Crippen molar-refractivity contribution >= 4 is 5.78 Å². The lowest BCUT2D eigenvalue weighted by atomic mass is 9.93. The fourth-order valence-corrected chi connectivity index (χ4v) is 1.71. The number of rotatable bonds is 6. The number of carbonyl (C=O) groups is 1. The van der Waals surface area contributed by atoms with Crippen molar-refractivity contribution in [3.63, 3.8) is 0 Å². The highest BCUT2D eigenvalue weighted by atomic mass is 16.3. The van der Waals surface area contributed by atoms with E-state index in [1.54, 1.807) is 0 Å². The number of Topliss-reactive ketones (excluding diaryl/α,β-unsaturated/α-hetero) is 1. The second-order valence-electron chi connectivity index (χ2n) is 4.25. The molecule has 1 atom stereocenters.